The molecule has 0 aromatic heterocycles. The summed E-state index contributed by atoms with van der Waals surface area (Å²) in [7, 11) is 0. The van der Waals surface area contributed by atoms with Crippen molar-refractivity contribution in [2.75, 3.05) is 13.2 Å². The van der Waals surface area contributed by atoms with Crippen molar-refractivity contribution in [3.05, 3.63) is 70.8 Å². The molecule has 23 heavy (non-hydrogen) atoms. The summed E-state index contributed by atoms with van der Waals surface area (Å²) >= 11 is 0. The Kier molecular flexibility index (Phi) is 6.36. The van der Waals surface area contributed by atoms with Crippen LogP contribution in [0.2, 0.25) is 0 Å². The predicted octanol–water partition coefficient (Wildman–Crippen LogP) is 3.59. The maximum Gasteiger partial charge on any atom is 0.251 e. The summed E-state index contributed by atoms with van der Waals surface area (Å²) in [6, 6.07) is 15.9. The first-order chi connectivity index (χ1) is 11.1. The lowest BCUT2D eigenvalue weighted by Crippen LogP contribution is -2.26. The Labute approximate surface area is 138 Å². The zero-order chi connectivity index (χ0) is 16.7. The second-order valence-electron chi connectivity index (χ2n) is 5.96. The number of nitrogens with one attached hydrogen (secondary N) is 1. The maximum absolute atomic E-state index is 12.2. The second kappa shape index (κ2) is 8.49. The van der Waals surface area contributed by atoms with Gasteiger partial charge in [0.15, 0.2) is 0 Å². The van der Waals surface area contributed by atoms with Crippen LogP contribution in [-0.4, -0.2) is 24.2 Å². The fourth-order valence-electron chi connectivity index (χ4n) is 2.70. The SMILES string of the molecule is Cc1ccc(C(=O)NCCC(CCO)c2ccccc2)cc1C. The van der Waals surface area contributed by atoms with Gasteiger partial charge in [-0.3, -0.25) is 4.79 Å². The molecule has 3 heteroatoms. The zero-order valence-electron chi connectivity index (χ0n) is 13.9. The van der Waals surface area contributed by atoms with Crippen LogP contribution >= 0.6 is 0 Å². The van der Waals surface area contributed by atoms with Gasteiger partial charge in [0.05, 0.1) is 0 Å². The van der Waals surface area contributed by atoms with E-state index in [1.165, 1.54) is 11.1 Å². The first kappa shape index (κ1) is 17.2. The first-order valence-electron chi connectivity index (χ1n) is 8.13. The van der Waals surface area contributed by atoms with Gasteiger partial charge in [0.1, 0.15) is 0 Å². The minimum absolute atomic E-state index is 0.0380. The minimum Gasteiger partial charge on any atom is -0.396 e. The molecule has 1 atom stereocenters. The summed E-state index contributed by atoms with van der Waals surface area (Å²) in [6.07, 6.45) is 1.53. The molecule has 0 heterocycles. The summed E-state index contributed by atoms with van der Waals surface area (Å²) < 4.78 is 0. The van der Waals surface area contributed by atoms with Gasteiger partial charge in [0.2, 0.25) is 0 Å². The number of amides is 1. The van der Waals surface area contributed by atoms with Gasteiger partial charge in [-0.15, -0.1) is 0 Å². The van der Waals surface area contributed by atoms with Crippen molar-refractivity contribution in [2.45, 2.75) is 32.6 Å². The Hall–Kier alpha value is -2.13. The monoisotopic (exact) mass is 311 g/mol. The summed E-state index contributed by atoms with van der Waals surface area (Å²) in [5, 5.41) is 12.2. The van der Waals surface area contributed by atoms with Crippen molar-refractivity contribution >= 4 is 5.91 Å². The van der Waals surface area contributed by atoms with Crippen molar-refractivity contribution in [1.82, 2.24) is 5.32 Å². The number of carbonyl (C=O) groups is 1. The molecule has 2 aromatic carbocycles. The molecule has 2 N–H and O–H groups in total. The van der Waals surface area contributed by atoms with Gasteiger partial charge in [-0.2, -0.15) is 0 Å². The molecule has 0 saturated carbocycles. The molecule has 3 nitrogen and oxygen atoms in total. The van der Waals surface area contributed by atoms with Crippen LogP contribution in [0.4, 0.5) is 0 Å². The predicted molar refractivity (Wildman–Crippen MR) is 93.8 cm³/mol. The van der Waals surface area contributed by atoms with Crippen LogP contribution in [0.3, 0.4) is 0 Å². The highest BCUT2D eigenvalue weighted by Gasteiger charge is 2.12. The van der Waals surface area contributed by atoms with Crippen LogP contribution < -0.4 is 5.32 Å². The third kappa shape index (κ3) is 4.93. The summed E-state index contributed by atoms with van der Waals surface area (Å²) in [4.78, 5) is 12.2. The van der Waals surface area contributed by atoms with Gasteiger partial charge < -0.3 is 10.4 Å². The normalized spacial score (nSPS) is 12.0. The summed E-state index contributed by atoms with van der Waals surface area (Å²) in [6.45, 7) is 4.81. The quantitative estimate of drug-likeness (QED) is 0.821. The smallest absolute Gasteiger partial charge is 0.251 e. The standard InChI is InChI=1S/C20H25NO2/c1-15-8-9-19(14-16(15)2)20(23)21-12-10-18(11-13-22)17-6-4-3-5-7-17/h3-9,14,18,22H,10-13H2,1-2H3,(H,21,23). The highest BCUT2D eigenvalue weighted by atomic mass is 16.3. The van der Waals surface area contributed by atoms with E-state index in [-0.39, 0.29) is 18.4 Å². The van der Waals surface area contributed by atoms with E-state index in [9.17, 15) is 9.90 Å². The number of hydrogen-bond donors (Lipinski definition) is 2. The molecule has 0 aliphatic heterocycles. The van der Waals surface area contributed by atoms with E-state index in [4.69, 9.17) is 0 Å². The van der Waals surface area contributed by atoms with E-state index < -0.39 is 0 Å². The Morgan fingerprint density at radius 1 is 1.04 bits per heavy atom. The van der Waals surface area contributed by atoms with Crippen LogP contribution in [0.1, 0.15) is 45.8 Å². The average molecular weight is 311 g/mol. The molecule has 0 fully saturated rings. The summed E-state index contributed by atoms with van der Waals surface area (Å²) in [5.41, 5.74) is 4.22. The third-order valence-electron chi connectivity index (χ3n) is 4.30. The Bertz CT molecular complexity index is 637. The van der Waals surface area contributed by atoms with Crippen LogP contribution in [0.25, 0.3) is 0 Å². The van der Waals surface area contributed by atoms with Crippen LogP contribution in [0.15, 0.2) is 48.5 Å². The molecule has 1 unspecified atom stereocenters. The number of hydrogen-bond acceptors (Lipinski definition) is 2. The van der Waals surface area contributed by atoms with Crippen LogP contribution in [0, 0.1) is 13.8 Å². The van der Waals surface area contributed by atoms with Crippen molar-refractivity contribution < 1.29 is 9.90 Å². The molecule has 2 aromatic rings. The number of aryl methyl sites for hydroxylation is 2. The molecule has 1 amide bonds. The van der Waals surface area contributed by atoms with Crippen LogP contribution in [0.5, 0.6) is 0 Å². The highest BCUT2D eigenvalue weighted by molar-refractivity contribution is 5.94. The Morgan fingerprint density at radius 3 is 2.43 bits per heavy atom. The molecule has 0 radical (unpaired) electrons. The lowest BCUT2D eigenvalue weighted by Gasteiger charge is -2.16. The number of carbonyl (C=O) groups excluding carboxylic acids is 1. The van der Waals surface area contributed by atoms with Crippen molar-refractivity contribution in [3.63, 3.8) is 0 Å². The molecule has 0 bridgehead atoms. The minimum atomic E-state index is -0.0380. The van der Waals surface area contributed by atoms with Gasteiger partial charge in [-0.1, -0.05) is 36.4 Å². The number of benzene rings is 2. The van der Waals surface area contributed by atoms with E-state index in [1.807, 2.05) is 50.2 Å². The Balaban J connectivity index is 1.91. The number of aliphatic hydroxyl groups is 1. The molecular weight excluding hydrogens is 286 g/mol. The Morgan fingerprint density at radius 2 is 1.78 bits per heavy atom. The summed E-state index contributed by atoms with van der Waals surface area (Å²) in [5.74, 6) is 0.227. The molecule has 0 spiro atoms. The van der Waals surface area contributed by atoms with E-state index >= 15 is 0 Å². The van der Waals surface area contributed by atoms with E-state index in [0.29, 0.717) is 18.5 Å². The topological polar surface area (TPSA) is 49.3 Å². The molecule has 0 saturated heterocycles. The lowest BCUT2D eigenvalue weighted by atomic mass is 9.93. The fraction of sp³-hybridized carbons (Fsp3) is 0.350. The average Bonchev–Trinajstić information content (AvgIpc) is 2.57. The first-order valence-corrected chi connectivity index (χ1v) is 8.13. The van der Waals surface area contributed by atoms with E-state index in [1.54, 1.807) is 0 Å². The molecular formula is C20H25NO2. The highest BCUT2D eigenvalue weighted by Crippen LogP contribution is 2.22. The van der Waals surface area contributed by atoms with E-state index in [0.717, 1.165) is 12.0 Å². The second-order valence-corrected chi connectivity index (χ2v) is 5.96. The molecule has 2 rings (SSSR count). The third-order valence-corrected chi connectivity index (χ3v) is 4.30. The maximum atomic E-state index is 12.2. The molecule has 0 aliphatic carbocycles. The molecule has 122 valence electrons. The number of rotatable bonds is 7. The number of aliphatic hydroxyl groups excluding tert-OH is 1. The molecule has 0 aliphatic rings. The van der Waals surface area contributed by atoms with Gasteiger partial charge in [-0.05, 0) is 61.4 Å². The van der Waals surface area contributed by atoms with Crippen LogP contribution in [-0.2, 0) is 0 Å². The van der Waals surface area contributed by atoms with Gasteiger partial charge in [-0.25, -0.2) is 0 Å². The largest absolute Gasteiger partial charge is 0.396 e. The van der Waals surface area contributed by atoms with Crippen molar-refractivity contribution in [1.29, 1.82) is 0 Å². The van der Waals surface area contributed by atoms with Crippen molar-refractivity contribution in [2.24, 2.45) is 0 Å². The fourth-order valence-corrected chi connectivity index (χ4v) is 2.70. The van der Waals surface area contributed by atoms with Gasteiger partial charge in [0, 0.05) is 18.7 Å². The lowest BCUT2D eigenvalue weighted by molar-refractivity contribution is 0.0952. The van der Waals surface area contributed by atoms with E-state index in [2.05, 4.69) is 17.4 Å². The zero-order valence-corrected chi connectivity index (χ0v) is 13.9. The van der Waals surface area contributed by atoms with Gasteiger partial charge in [0.25, 0.3) is 5.91 Å². The van der Waals surface area contributed by atoms with Gasteiger partial charge >= 0.3 is 0 Å². The van der Waals surface area contributed by atoms with Crippen molar-refractivity contribution in [3.8, 4) is 0 Å².